The summed E-state index contributed by atoms with van der Waals surface area (Å²) in [5.41, 5.74) is 2.49. The summed E-state index contributed by atoms with van der Waals surface area (Å²) < 4.78 is 37.5. The largest absolute Gasteiger partial charge is 0.401 e. The zero-order valence-electron chi connectivity index (χ0n) is 16.9. The van der Waals surface area contributed by atoms with Crippen LogP contribution in [0, 0.1) is 12.8 Å². The number of benzene rings is 1. The van der Waals surface area contributed by atoms with E-state index in [2.05, 4.69) is 53.7 Å². The van der Waals surface area contributed by atoms with Crippen molar-refractivity contribution in [3.05, 3.63) is 35.4 Å². The number of nitrogens with one attached hydrogen (secondary N) is 2. The zero-order chi connectivity index (χ0) is 19.9. The van der Waals surface area contributed by atoms with Gasteiger partial charge in [0.15, 0.2) is 5.96 Å². The minimum absolute atomic E-state index is 0. The Kier molecular flexibility index (Phi) is 10.6. The molecule has 1 aromatic carbocycles. The van der Waals surface area contributed by atoms with Gasteiger partial charge in [-0.2, -0.15) is 13.2 Å². The van der Waals surface area contributed by atoms with Gasteiger partial charge in [0.25, 0.3) is 0 Å². The van der Waals surface area contributed by atoms with E-state index >= 15 is 0 Å². The Morgan fingerprint density at radius 1 is 1.25 bits per heavy atom. The van der Waals surface area contributed by atoms with Crippen molar-refractivity contribution in [2.45, 2.75) is 39.3 Å². The lowest BCUT2D eigenvalue weighted by atomic mass is 10.0. The first-order valence-corrected chi connectivity index (χ1v) is 9.64. The summed E-state index contributed by atoms with van der Waals surface area (Å²) >= 11 is 0. The predicted molar refractivity (Wildman–Crippen MR) is 120 cm³/mol. The average Bonchev–Trinajstić information content (AvgIpc) is 3.03. The minimum atomic E-state index is -4.12. The van der Waals surface area contributed by atoms with E-state index in [1.165, 1.54) is 16.0 Å². The molecule has 28 heavy (non-hydrogen) atoms. The molecule has 1 heterocycles. The van der Waals surface area contributed by atoms with Crippen molar-refractivity contribution in [1.29, 1.82) is 0 Å². The topological polar surface area (TPSA) is 39.7 Å². The van der Waals surface area contributed by atoms with Crippen LogP contribution < -0.4 is 10.6 Å². The van der Waals surface area contributed by atoms with Gasteiger partial charge in [-0.1, -0.05) is 36.8 Å². The van der Waals surface area contributed by atoms with Crippen LogP contribution in [-0.2, 0) is 0 Å². The van der Waals surface area contributed by atoms with Crippen molar-refractivity contribution in [3.63, 3.8) is 0 Å². The third kappa shape index (κ3) is 8.98. The van der Waals surface area contributed by atoms with E-state index in [1.807, 2.05) is 6.92 Å². The van der Waals surface area contributed by atoms with Gasteiger partial charge in [-0.25, -0.2) is 0 Å². The number of aliphatic imine (C=N–C) groups is 1. The Balaban J connectivity index is 0.00000392. The van der Waals surface area contributed by atoms with Crippen molar-refractivity contribution in [1.82, 2.24) is 15.5 Å². The highest BCUT2D eigenvalue weighted by molar-refractivity contribution is 14.0. The zero-order valence-corrected chi connectivity index (χ0v) is 19.2. The number of rotatable bonds is 7. The Bertz CT molecular complexity index is 604. The number of halogens is 4. The van der Waals surface area contributed by atoms with Gasteiger partial charge in [0.05, 0.1) is 6.54 Å². The van der Waals surface area contributed by atoms with Gasteiger partial charge in [0.1, 0.15) is 0 Å². The number of guanidine groups is 1. The first-order valence-electron chi connectivity index (χ1n) is 9.64. The van der Waals surface area contributed by atoms with E-state index in [0.717, 1.165) is 18.9 Å². The van der Waals surface area contributed by atoms with Crippen LogP contribution in [0.5, 0.6) is 0 Å². The second kappa shape index (κ2) is 11.8. The van der Waals surface area contributed by atoms with Gasteiger partial charge < -0.3 is 10.6 Å². The van der Waals surface area contributed by atoms with Crippen LogP contribution >= 0.6 is 24.0 Å². The molecule has 1 aromatic rings. The lowest BCUT2D eigenvalue weighted by Gasteiger charge is -2.19. The van der Waals surface area contributed by atoms with E-state index in [0.29, 0.717) is 32.1 Å². The van der Waals surface area contributed by atoms with Crippen LogP contribution in [-0.4, -0.2) is 56.3 Å². The van der Waals surface area contributed by atoms with E-state index in [4.69, 9.17) is 0 Å². The summed E-state index contributed by atoms with van der Waals surface area (Å²) in [6.45, 7) is 8.42. The number of aryl methyl sites for hydroxylation is 1. The average molecular weight is 512 g/mol. The van der Waals surface area contributed by atoms with E-state index in [1.54, 1.807) is 0 Å². The summed E-state index contributed by atoms with van der Waals surface area (Å²) in [5, 5.41) is 6.51. The quantitative estimate of drug-likeness (QED) is 0.328. The SMILES string of the molecule is CCNC(=NCC(C)c1ccc(C)cc1)NCC1CCN(CC(F)(F)F)C1.I. The molecule has 8 heteroatoms. The molecule has 1 saturated heterocycles. The van der Waals surface area contributed by atoms with E-state index < -0.39 is 12.7 Å². The predicted octanol–water partition coefficient (Wildman–Crippen LogP) is 4.16. The molecule has 0 spiro atoms. The molecule has 0 bridgehead atoms. The van der Waals surface area contributed by atoms with Crippen LogP contribution in [0.1, 0.15) is 37.3 Å². The van der Waals surface area contributed by atoms with E-state index in [9.17, 15) is 13.2 Å². The van der Waals surface area contributed by atoms with Gasteiger partial charge >= 0.3 is 6.18 Å². The highest BCUT2D eigenvalue weighted by atomic mass is 127. The molecular weight excluding hydrogens is 480 g/mol. The molecule has 2 rings (SSSR count). The fourth-order valence-corrected chi connectivity index (χ4v) is 3.29. The molecule has 1 aliphatic heterocycles. The molecular formula is C20H32F3IN4. The smallest absolute Gasteiger partial charge is 0.357 e. The molecule has 2 N–H and O–H groups in total. The fourth-order valence-electron chi connectivity index (χ4n) is 3.29. The Morgan fingerprint density at radius 2 is 1.93 bits per heavy atom. The number of nitrogens with zero attached hydrogens (tertiary/aromatic N) is 2. The van der Waals surface area contributed by atoms with Crippen molar-refractivity contribution in [3.8, 4) is 0 Å². The Hall–Kier alpha value is -1.03. The third-order valence-corrected chi connectivity index (χ3v) is 4.84. The molecule has 1 fully saturated rings. The molecule has 1 aliphatic rings. The second-order valence-electron chi connectivity index (χ2n) is 7.42. The first-order chi connectivity index (χ1) is 12.8. The first kappa shape index (κ1) is 25.0. The highest BCUT2D eigenvalue weighted by Gasteiger charge is 2.34. The summed E-state index contributed by atoms with van der Waals surface area (Å²) in [7, 11) is 0. The normalized spacial score (nSPS) is 19.2. The molecule has 0 saturated carbocycles. The summed E-state index contributed by atoms with van der Waals surface area (Å²) in [6.07, 6.45) is -3.34. The summed E-state index contributed by atoms with van der Waals surface area (Å²) in [4.78, 5) is 6.13. The standard InChI is InChI=1S/C20H31F3N4.HI/c1-4-24-19(25-11-16(3)18-7-5-15(2)6-8-18)26-12-17-9-10-27(13-17)14-20(21,22)23;/h5-8,16-17H,4,9-14H2,1-3H3,(H2,24,25,26);1H. The van der Waals surface area contributed by atoms with Crippen molar-refractivity contribution in [2.75, 3.05) is 39.3 Å². The van der Waals surface area contributed by atoms with Crippen molar-refractivity contribution in [2.24, 2.45) is 10.9 Å². The van der Waals surface area contributed by atoms with Gasteiger partial charge in [-0.05, 0) is 38.3 Å². The van der Waals surface area contributed by atoms with Crippen molar-refractivity contribution >= 4 is 29.9 Å². The fraction of sp³-hybridized carbons (Fsp3) is 0.650. The van der Waals surface area contributed by atoms with Crippen LogP contribution in [0.15, 0.2) is 29.3 Å². The second-order valence-corrected chi connectivity index (χ2v) is 7.42. The van der Waals surface area contributed by atoms with Crippen LogP contribution in [0.4, 0.5) is 13.2 Å². The number of hydrogen-bond acceptors (Lipinski definition) is 2. The molecule has 2 unspecified atom stereocenters. The van der Waals surface area contributed by atoms with Gasteiger partial charge in [-0.15, -0.1) is 24.0 Å². The maximum absolute atomic E-state index is 12.5. The molecule has 0 amide bonds. The monoisotopic (exact) mass is 512 g/mol. The summed E-state index contributed by atoms with van der Waals surface area (Å²) in [6, 6.07) is 8.46. The molecule has 2 atom stereocenters. The Labute approximate surface area is 183 Å². The van der Waals surface area contributed by atoms with E-state index in [-0.39, 0.29) is 29.9 Å². The Morgan fingerprint density at radius 3 is 2.54 bits per heavy atom. The highest BCUT2D eigenvalue weighted by Crippen LogP contribution is 2.22. The van der Waals surface area contributed by atoms with Crippen molar-refractivity contribution < 1.29 is 13.2 Å². The lowest BCUT2D eigenvalue weighted by Crippen LogP contribution is -2.41. The molecule has 0 aliphatic carbocycles. The summed E-state index contributed by atoms with van der Waals surface area (Å²) in [5.74, 6) is 1.24. The number of hydrogen-bond donors (Lipinski definition) is 2. The van der Waals surface area contributed by atoms with Gasteiger partial charge in [-0.3, -0.25) is 9.89 Å². The van der Waals surface area contributed by atoms with Crippen LogP contribution in [0.25, 0.3) is 0 Å². The molecule has 4 nitrogen and oxygen atoms in total. The maximum Gasteiger partial charge on any atom is 0.401 e. The van der Waals surface area contributed by atoms with Crippen LogP contribution in [0.2, 0.25) is 0 Å². The third-order valence-electron chi connectivity index (χ3n) is 4.84. The molecule has 0 radical (unpaired) electrons. The van der Waals surface area contributed by atoms with Gasteiger partial charge in [0, 0.05) is 32.1 Å². The van der Waals surface area contributed by atoms with Gasteiger partial charge in [0.2, 0.25) is 0 Å². The molecule has 160 valence electrons. The number of alkyl halides is 3. The maximum atomic E-state index is 12.5. The van der Waals surface area contributed by atoms with Crippen LogP contribution in [0.3, 0.4) is 0 Å². The number of likely N-dealkylation sites (tertiary alicyclic amines) is 1. The lowest BCUT2D eigenvalue weighted by molar-refractivity contribution is -0.143. The minimum Gasteiger partial charge on any atom is -0.357 e. The molecule has 0 aromatic heterocycles.